The lowest BCUT2D eigenvalue weighted by Gasteiger charge is -2.29. The van der Waals surface area contributed by atoms with Gasteiger partial charge in [0, 0.05) is 20.1 Å². The van der Waals surface area contributed by atoms with Crippen LogP contribution in [-0.4, -0.2) is 56.8 Å². The van der Waals surface area contributed by atoms with Crippen molar-refractivity contribution in [1.82, 2.24) is 8.61 Å². The van der Waals surface area contributed by atoms with Crippen LogP contribution in [0.15, 0.2) is 0 Å². The molecule has 0 amide bonds. The molecule has 0 aromatic heterocycles. The number of methoxy groups -OCH3 is 1. The van der Waals surface area contributed by atoms with Crippen LogP contribution in [0, 0.1) is 0 Å². The van der Waals surface area contributed by atoms with Gasteiger partial charge in [0.25, 0.3) is 10.2 Å². The van der Waals surface area contributed by atoms with Crippen molar-refractivity contribution in [1.29, 1.82) is 0 Å². The van der Waals surface area contributed by atoms with E-state index in [0.717, 1.165) is 30.0 Å². The highest BCUT2D eigenvalue weighted by molar-refractivity contribution is 7.86. The number of hydrogen-bond acceptors (Lipinski definition) is 4. The highest BCUT2D eigenvalue weighted by atomic mass is 32.2. The monoisotopic (exact) mass is 264 g/mol. The molecular formula is C10H20N2O4S. The van der Waals surface area contributed by atoms with Crippen molar-refractivity contribution in [3.63, 3.8) is 0 Å². The van der Waals surface area contributed by atoms with E-state index in [1.165, 1.54) is 25.5 Å². The molecule has 0 heterocycles. The second-order valence-corrected chi connectivity index (χ2v) is 6.44. The summed E-state index contributed by atoms with van der Waals surface area (Å²) < 4.78 is 31.2. The molecule has 0 bridgehead atoms. The quantitative estimate of drug-likeness (QED) is 0.666. The molecular weight excluding hydrogens is 244 g/mol. The fourth-order valence-corrected chi connectivity index (χ4v) is 3.27. The molecule has 7 heteroatoms. The topological polar surface area (TPSA) is 66.9 Å². The van der Waals surface area contributed by atoms with E-state index in [1.54, 1.807) is 0 Å². The summed E-state index contributed by atoms with van der Waals surface area (Å²) >= 11 is 0. The van der Waals surface area contributed by atoms with E-state index < -0.39 is 16.2 Å². The smallest absolute Gasteiger partial charge is 0.321 e. The second kappa shape index (κ2) is 5.79. The normalized spacial score (nSPS) is 17.9. The summed E-state index contributed by atoms with van der Waals surface area (Å²) in [4.78, 5) is 11.3. The third-order valence-electron chi connectivity index (χ3n) is 3.00. The van der Waals surface area contributed by atoms with Crippen LogP contribution >= 0.6 is 0 Å². The molecule has 0 spiro atoms. The minimum Gasteiger partial charge on any atom is -0.468 e. The van der Waals surface area contributed by atoms with Crippen LogP contribution in [0.25, 0.3) is 0 Å². The maximum atomic E-state index is 12.1. The van der Waals surface area contributed by atoms with Gasteiger partial charge in [0.1, 0.15) is 6.54 Å². The van der Waals surface area contributed by atoms with Crippen LogP contribution in [0.4, 0.5) is 0 Å². The molecule has 0 radical (unpaired) electrons. The molecule has 0 aliphatic heterocycles. The van der Waals surface area contributed by atoms with Crippen molar-refractivity contribution in [2.24, 2.45) is 0 Å². The standard InChI is InChI=1S/C10H20N2O4S/c1-11(2)17(14,15)12(8-10(13)16-3)9-6-4-5-7-9/h9H,4-8H2,1-3H3. The first-order valence-corrected chi connectivity index (χ1v) is 7.05. The van der Waals surface area contributed by atoms with Gasteiger partial charge in [-0.3, -0.25) is 4.79 Å². The molecule has 1 aliphatic rings. The van der Waals surface area contributed by atoms with Crippen molar-refractivity contribution >= 4 is 16.2 Å². The number of carbonyl (C=O) groups is 1. The van der Waals surface area contributed by atoms with Crippen molar-refractivity contribution < 1.29 is 17.9 Å². The van der Waals surface area contributed by atoms with Gasteiger partial charge in [0.2, 0.25) is 0 Å². The number of rotatable bonds is 5. The first-order valence-electron chi connectivity index (χ1n) is 5.65. The average Bonchev–Trinajstić information content (AvgIpc) is 2.78. The summed E-state index contributed by atoms with van der Waals surface area (Å²) in [5.41, 5.74) is 0. The molecule has 1 aliphatic carbocycles. The molecule has 0 N–H and O–H groups in total. The summed E-state index contributed by atoms with van der Waals surface area (Å²) in [5, 5.41) is 0. The molecule has 100 valence electrons. The molecule has 6 nitrogen and oxygen atoms in total. The van der Waals surface area contributed by atoms with E-state index in [-0.39, 0.29) is 12.6 Å². The Bertz CT molecular complexity index is 361. The van der Waals surface area contributed by atoms with Crippen LogP contribution in [0.3, 0.4) is 0 Å². The molecule has 1 rings (SSSR count). The van der Waals surface area contributed by atoms with Crippen molar-refractivity contribution in [2.75, 3.05) is 27.7 Å². The van der Waals surface area contributed by atoms with Gasteiger partial charge in [-0.2, -0.15) is 17.0 Å². The number of carbonyl (C=O) groups excluding carboxylic acids is 1. The fraction of sp³-hybridized carbons (Fsp3) is 0.900. The van der Waals surface area contributed by atoms with Gasteiger partial charge >= 0.3 is 5.97 Å². The molecule has 0 atom stereocenters. The Hall–Kier alpha value is -0.660. The summed E-state index contributed by atoms with van der Waals surface area (Å²) in [5.74, 6) is -0.526. The molecule has 1 fully saturated rings. The van der Waals surface area contributed by atoms with E-state index >= 15 is 0 Å². The maximum Gasteiger partial charge on any atom is 0.321 e. The van der Waals surface area contributed by atoms with E-state index in [0.29, 0.717) is 0 Å². The number of nitrogens with zero attached hydrogens (tertiary/aromatic N) is 2. The molecule has 0 aromatic rings. The SMILES string of the molecule is COC(=O)CN(C1CCCC1)S(=O)(=O)N(C)C. The summed E-state index contributed by atoms with van der Waals surface area (Å²) in [7, 11) is 0.633. The van der Waals surface area contributed by atoms with E-state index in [9.17, 15) is 13.2 Å². The van der Waals surface area contributed by atoms with Crippen molar-refractivity contribution in [3.05, 3.63) is 0 Å². The Morgan fingerprint density at radius 3 is 2.24 bits per heavy atom. The third-order valence-corrected chi connectivity index (χ3v) is 4.95. The maximum absolute atomic E-state index is 12.1. The van der Waals surface area contributed by atoms with Gasteiger partial charge in [-0.15, -0.1) is 0 Å². The van der Waals surface area contributed by atoms with Gasteiger partial charge in [-0.05, 0) is 12.8 Å². The Morgan fingerprint density at radius 1 is 1.29 bits per heavy atom. The third kappa shape index (κ3) is 3.40. The van der Waals surface area contributed by atoms with Gasteiger partial charge < -0.3 is 4.74 Å². The van der Waals surface area contributed by atoms with Crippen LogP contribution in [0.2, 0.25) is 0 Å². The Kier molecular flexibility index (Phi) is 4.91. The lowest BCUT2D eigenvalue weighted by molar-refractivity contribution is -0.141. The first-order chi connectivity index (χ1) is 7.89. The average molecular weight is 264 g/mol. The van der Waals surface area contributed by atoms with Gasteiger partial charge in [-0.25, -0.2) is 0 Å². The number of esters is 1. The Balaban J connectivity index is 2.89. The minimum atomic E-state index is -3.56. The summed E-state index contributed by atoms with van der Waals surface area (Å²) in [6.07, 6.45) is 3.63. The largest absolute Gasteiger partial charge is 0.468 e. The molecule has 0 saturated heterocycles. The van der Waals surface area contributed by atoms with Gasteiger partial charge in [0.05, 0.1) is 7.11 Å². The lowest BCUT2D eigenvalue weighted by atomic mass is 10.2. The summed E-state index contributed by atoms with van der Waals surface area (Å²) in [6, 6.07) is -0.0819. The highest BCUT2D eigenvalue weighted by Gasteiger charge is 2.35. The zero-order chi connectivity index (χ0) is 13.1. The van der Waals surface area contributed by atoms with Crippen LogP contribution < -0.4 is 0 Å². The van der Waals surface area contributed by atoms with Crippen LogP contribution in [0.1, 0.15) is 25.7 Å². The van der Waals surface area contributed by atoms with E-state index in [1.807, 2.05) is 0 Å². The van der Waals surface area contributed by atoms with Crippen LogP contribution in [-0.2, 0) is 19.7 Å². The lowest BCUT2D eigenvalue weighted by Crippen LogP contribution is -2.47. The Labute approximate surface area is 103 Å². The van der Waals surface area contributed by atoms with Gasteiger partial charge in [-0.1, -0.05) is 12.8 Å². The van der Waals surface area contributed by atoms with E-state index in [4.69, 9.17) is 0 Å². The molecule has 17 heavy (non-hydrogen) atoms. The number of ether oxygens (including phenoxy) is 1. The number of hydrogen-bond donors (Lipinski definition) is 0. The zero-order valence-electron chi connectivity index (χ0n) is 10.5. The van der Waals surface area contributed by atoms with Crippen LogP contribution in [0.5, 0.6) is 0 Å². The first kappa shape index (κ1) is 14.4. The predicted octanol–water partition coefficient (Wildman–Crippen LogP) is 0.210. The Morgan fingerprint density at radius 2 is 1.82 bits per heavy atom. The van der Waals surface area contributed by atoms with Gasteiger partial charge in [0.15, 0.2) is 0 Å². The van der Waals surface area contributed by atoms with Crippen molar-refractivity contribution in [2.45, 2.75) is 31.7 Å². The predicted molar refractivity (Wildman–Crippen MR) is 63.6 cm³/mol. The zero-order valence-corrected chi connectivity index (χ0v) is 11.4. The fourth-order valence-electron chi connectivity index (χ4n) is 1.99. The minimum absolute atomic E-state index is 0.0819. The summed E-state index contributed by atoms with van der Waals surface area (Å²) in [6.45, 7) is -0.207. The molecule has 1 saturated carbocycles. The van der Waals surface area contributed by atoms with E-state index in [2.05, 4.69) is 4.74 Å². The molecule has 0 unspecified atom stereocenters. The second-order valence-electron chi connectivity index (χ2n) is 4.35. The molecule has 0 aromatic carbocycles. The highest BCUT2D eigenvalue weighted by Crippen LogP contribution is 2.26. The van der Waals surface area contributed by atoms with Crippen molar-refractivity contribution in [3.8, 4) is 0 Å².